The highest BCUT2D eigenvalue weighted by molar-refractivity contribution is 6.42. The molecule has 5 rings (SSSR count). The van der Waals surface area contributed by atoms with Crippen LogP contribution in [0, 0.1) is 5.82 Å². The van der Waals surface area contributed by atoms with Crippen LogP contribution in [0.25, 0.3) is 33.8 Å². The quantitative estimate of drug-likeness (QED) is 0.436. The van der Waals surface area contributed by atoms with Crippen molar-refractivity contribution >= 4 is 39.9 Å². The number of aromatic nitrogens is 6. The number of halogens is 3. The van der Waals surface area contributed by atoms with Crippen molar-refractivity contribution in [2.24, 2.45) is 0 Å². The Kier molecular flexibility index (Phi) is 3.60. The van der Waals surface area contributed by atoms with Crippen LogP contribution in [-0.4, -0.2) is 29.4 Å². The minimum atomic E-state index is -0.311. The molecule has 132 valence electrons. The van der Waals surface area contributed by atoms with E-state index in [2.05, 4.69) is 20.3 Å². The number of rotatable bonds is 2. The lowest BCUT2D eigenvalue weighted by Gasteiger charge is -2.04. The number of benzene rings is 2. The van der Waals surface area contributed by atoms with Crippen molar-refractivity contribution in [1.29, 1.82) is 0 Å². The molecule has 0 saturated heterocycles. The van der Waals surface area contributed by atoms with Gasteiger partial charge in [-0.2, -0.15) is 5.10 Å². The third-order valence-corrected chi connectivity index (χ3v) is 4.96. The van der Waals surface area contributed by atoms with Gasteiger partial charge in [0.15, 0.2) is 17.1 Å². The normalized spacial score (nSPS) is 11.5. The number of hydrogen-bond donors (Lipinski definition) is 0. The Hall–Kier alpha value is -3.03. The molecule has 27 heavy (non-hydrogen) atoms. The van der Waals surface area contributed by atoms with Crippen molar-refractivity contribution in [3.05, 3.63) is 70.9 Å². The summed E-state index contributed by atoms with van der Waals surface area (Å²) in [5.41, 5.74) is 2.67. The Labute approximate surface area is 161 Å². The molecule has 0 N–H and O–H groups in total. The summed E-state index contributed by atoms with van der Waals surface area (Å²) in [5, 5.41) is 14.5. The molecule has 0 unspecified atom stereocenters. The summed E-state index contributed by atoms with van der Waals surface area (Å²) in [6, 6.07) is 11.3. The van der Waals surface area contributed by atoms with Gasteiger partial charge >= 0.3 is 0 Å². The first-order valence-corrected chi connectivity index (χ1v) is 8.66. The Morgan fingerprint density at radius 2 is 1.70 bits per heavy atom. The Morgan fingerprint density at radius 1 is 0.889 bits per heavy atom. The van der Waals surface area contributed by atoms with E-state index in [0.29, 0.717) is 32.9 Å². The van der Waals surface area contributed by atoms with Crippen LogP contribution < -0.4 is 0 Å². The van der Waals surface area contributed by atoms with Crippen LogP contribution in [0.3, 0.4) is 0 Å². The predicted molar refractivity (Wildman–Crippen MR) is 101 cm³/mol. The zero-order valence-corrected chi connectivity index (χ0v) is 15.0. The SMILES string of the molecule is Fc1ccc(-n2ncc3c2ncn2c(-c4ccc(Cl)c(Cl)c4)nnc32)cc1. The molecule has 0 spiro atoms. The van der Waals surface area contributed by atoms with Crippen molar-refractivity contribution in [3.8, 4) is 17.1 Å². The third kappa shape index (κ3) is 2.55. The molecule has 2 aromatic carbocycles. The molecule has 0 amide bonds. The summed E-state index contributed by atoms with van der Waals surface area (Å²) in [6.45, 7) is 0. The summed E-state index contributed by atoms with van der Waals surface area (Å²) in [4.78, 5) is 4.50. The number of hydrogen-bond acceptors (Lipinski definition) is 4. The second-order valence-corrected chi connectivity index (χ2v) is 6.68. The van der Waals surface area contributed by atoms with Crippen LogP contribution in [0.5, 0.6) is 0 Å². The van der Waals surface area contributed by atoms with Crippen molar-refractivity contribution in [2.75, 3.05) is 0 Å². The Bertz CT molecular complexity index is 1310. The zero-order chi connectivity index (χ0) is 18.5. The smallest absolute Gasteiger partial charge is 0.175 e. The van der Waals surface area contributed by atoms with Gasteiger partial charge < -0.3 is 0 Å². The molecule has 0 bridgehead atoms. The third-order valence-electron chi connectivity index (χ3n) is 4.23. The number of nitrogens with zero attached hydrogens (tertiary/aromatic N) is 6. The van der Waals surface area contributed by atoms with Crippen LogP contribution in [0.15, 0.2) is 55.0 Å². The van der Waals surface area contributed by atoms with Gasteiger partial charge in [-0.15, -0.1) is 10.2 Å². The van der Waals surface area contributed by atoms with E-state index in [-0.39, 0.29) is 5.82 Å². The average molecular weight is 399 g/mol. The molecule has 0 fully saturated rings. The highest BCUT2D eigenvalue weighted by Gasteiger charge is 2.16. The van der Waals surface area contributed by atoms with Crippen molar-refractivity contribution in [3.63, 3.8) is 0 Å². The molecule has 0 aliphatic heterocycles. The fraction of sp³-hybridized carbons (Fsp3) is 0. The maximum absolute atomic E-state index is 13.2. The predicted octanol–water partition coefficient (Wildman–Crippen LogP) is 4.58. The van der Waals surface area contributed by atoms with Gasteiger partial charge in [-0.05, 0) is 42.5 Å². The lowest BCUT2D eigenvalue weighted by molar-refractivity contribution is 0.627. The van der Waals surface area contributed by atoms with Crippen LogP contribution in [0.1, 0.15) is 0 Å². The highest BCUT2D eigenvalue weighted by atomic mass is 35.5. The van der Waals surface area contributed by atoms with Crippen LogP contribution >= 0.6 is 23.2 Å². The van der Waals surface area contributed by atoms with Gasteiger partial charge in [-0.3, -0.25) is 4.40 Å². The fourth-order valence-electron chi connectivity index (χ4n) is 2.92. The molecule has 9 heteroatoms. The van der Waals surface area contributed by atoms with Gasteiger partial charge in [0, 0.05) is 5.56 Å². The van der Waals surface area contributed by atoms with Gasteiger partial charge in [-0.25, -0.2) is 14.1 Å². The van der Waals surface area contributed by atoms with E-state index in [0.717, 1.165) is 10.9 Å². The first-order valence-electron chi connectivity index (χ1n) is 7.90. The van der Waals surface area contributed by atoms with Gasteiger partial charge in [0.2, 0.25) is 0 Å². The fourth-order valence-corrected chi connectivity index (χ4v) is 3.22. The van der Waals surface area contributed by atoms with E-state index >= 15 is 0 Å². The maximum Gasteiger partial charge on any atom is 0.175 e. The molecule has 6 nitrogen and oxygen atoms in total. The van der Waals surface area contributed by atoms with Crippen LogP contribution in [-0.2, 0) is 0 Å². The molecule has 0 saturated carbocycles. The highest BCUT2D eigenvalue weighted by Crippen LogP contribution is 2.29. The minimum Gasteiger partial charge on any atom is -0.265 e. The van der Waals surface area contributed by atoms with E-state index in [1.54, 1.807) is 45.9 Å². The summed E-state index contributed by atoms with van der Waals surface area (Å²) in [5.74, 6) is 0.279. The molecular weight excluding hydrogens is 390 g/mol. The zero-order valence-electron chi connectivity index (χ0n) is 13.5. The molecule has 3 heterocycles. The molecule has 3 aromatic heterocycles. The van der Waals surface area contributed by atoms with E-state index in [4.69, 9.17) is 23.2 Å². The summed E-state index contributed by atoms with van der Waals surface area (Å²) in [7, 11) is 0. The first kappa shape index (κ1) is 16.2. The molecule has 0 aliphatic carbocycles. The summed E-state index contributed by atoms with van der Waals surface area (Å²) < 4.78 is 16.6. The van der Waals surface area contributed by atoms with E-state index in [1.807, 2.05) is 6.07 Å². The molecule has 0 atom stereocenters. The van der Waals surface area contributed by atoms with Crippen molar-refractivity contribution in [2.45, 2.75) is 0 Å². The van der Waals surface area contributed by atoms with E-state index in [1.165, 1.54) is 12.1 Å². The second kappa shape index (κ2) is 6.00. The lowest BCUT2D eigenvalue weighted by Crippen LogP contribution is -1.99. The molecule has 0 aliphatic rings. The largest absolute Gasteiger partial charge is 0.265 e. The first-order chi connectivity index (χ1) is 13.1. The van der Waals surface area contributed by atoms with E-state index in [9.17, 15) is 4.39 Å². The minimum absolute atomic E-state index is 0.311. The van der Waals surface area contributed by atoms with Crippen LogP contribution in [0.2, 0.25) is 10.0 Å². The van der Waals surface area contributed by atoms with Gasteiger partial charge in [-0.1, -0.05) is 23.2 Å². The second-order valence-electron chi connectivity index (χ2n) is 5.86. The molecule has 0 radical (unpaired) electrons. The van der Waals surface area contributed by atoms with Gasteiger partial charge in [0.1, 0.15) is 12.1 Å². The summed E-state index contributed by atoms with van der Waals surface area (Å²) >= 11 is 12.1. The van der Waals surface area contributed by atoms with Crippen molar-refractivity contribution < 1.29 is 4.39 Å². The number of fused-ring (bicyclic) bond motifs is 3. The monoisotopic (exact) mass is 398 g/mol. The van der Waals surface area contributed by atoms with E-state index < -0.39 is 0 Å². The maximum atomic E-state index is 13.2. The van der Waals surface area contributed by atoms with Gasteiger partial charge in [0.25, 0.3) is 0 Å². The lowest BCUT2D eigenvalue weighted by atomic mass is 10.2. The van der Waals surface area contributed by atoms with Crippen LogP contribution in [0.4, 0.5) is 4.39 Å². The standard InChI is InChI=1S/C18H9Cl2FN6/c19-14-6-1-10(7-15(14)20)16-24-25-18-13-8-23-27(17(13)22-9-26(16)18)12-4-2-11(21)3-5-12/h1-9H. The average Bonchev–Trinajstić information content (AvgIpc) is 3.28. The summed E-state index contributed by atoms with van der Waals surface area (Å²) in [6.07, 6.45) is 3.28. The molecular formula is C18H9Cl2FN6. The Morgan fingerprint density at radius 3 is 2.48 bits per heavy atom. The van der Waals surface area contributed by atoms with Crippen molar-refractivity contribution in [1.82, 2.24) is 29.4 Å². The molecule has 5 aromatic rings. The Balaban J connectivity index is 1.70. The van der Waals surface area contributed by atoms with Gasteiger partial charge in [0.05, 0.1) is 27.3 Å². The topological polar surface area (TPSA) is 60.9 Å².